The van der Waals surface area contributed by atoms with E-state index in [2.05, 4.69) is 25.4 Å². The number of benzene rings is 1. The lowest BCUT2D eigenvalue weighted by Gasteiger charge is -2.37. The van der Waals surface area contributed by atoms with Crippen molar-refractivity contribution in [1.82, 2.24) is 10.2 Å². The number of piperazine rings is 1. The van der Waals surface area contributed by atoms with Gasteiger partial charge in [0, 0.05) is 25.2 Å². The van der Waals surface area contributed by atoms with Gasteiger partial charge in [-0.3, -0.25) is 4.90 Å². The highest BCUT2D eigenvalue weighted by Crippen LogP contribution is 2.32. The van der Waals surface area contributed by atoms with Crippen molar-refractivity contribution in [3.05, 3.63) is 35.9 Å². The van der Waals surface area contributed by atoms with E-state index in [-0.39, 0.29) is 6.04 Å². The quantitative estimate of drug-likeness (QED) is 0.927. The Balaban J connectivity index is 1.65. The van der Waals surface area contributed by atoms with Crippen molar-refractivity contribution in [3.63, 3.8) is 0 Å². The van der Waals surface area contributed by atoms with Gasteiger partial charge in [-0.1, -0.05) is 30.3 Å². The summed E-state index contributed by atoms with van der Waals surface area (Å²) in [6, 6.07) is 10.6. The van der Waals surface area contributed by atoms with Crippen LogP contribution < -0.4 is 5.32 Å². The van der Waals surface area contributed by atoms with Gasteiger partial charge in [-0.25, -0.2) is 13.8 Å². The second-order valence-electron chi connectivity index (χ2n) is 6.36. The second-order valence-corrected chi connectivity index (χ2v) is 6.36. The molecule has 7 heteroatoms. The van der Waals surface area contributed by atoms with Crippen molar-refractivity contribution in [1.29, 1.82) is 0 Å². The van der Waals surface area contributed by atoms with E-state index in [9.17, 15) is 8.78 Å². The van der Waals surface area contributed by atoms with E-state index >= 15 is 0 Å². The molecule has 0 amide bonds. The number of aliphatic imine (C=N–C) groups is 1. The predicted octanol–water partition coefficient (Wildman–Crippen LogP) is 2.62. The SMILES string of the molecule is FC(F)C1N=NC(C(c2ccccc2)N2CC3CCC(C2)N3)=N1. The molecule has 3 aliphatic heterocycles. The van der Waals surface area contributed by atoms with Gasteiger partial charge in [0.2, 0.25) is 6.17 Å². The summed E-state index contributed by atoms with van der Waals surface area (Å²) in [5.41, 5.74) is 1.03. The number of alkyl halides is 2. The van der Waals surface area contributed by atoms with Crippen LogP contribution in [0.3, 0.4) is 0 Å². The van der Waals surface area contributed by atoms with Crippen molar-refractivity contribution in [2.24, 2.45) is 15.2 Å². The predicted molar refractivity (Wildman–Crippen MR) is 82.8 cm³/mol. The molecule has 23 heavy (non-hydrogen) atoms. The van der Waals surface area contributed by atoms with Gasteiger partial charge >= 0.3 is 0 Å². The summed E-state index contributed by atoms with van der Waals surface area (Å²) in [6.07, 6.45) is -1.63. The van der Waals surface area contributed by atoms with Crippen molar-refractivity contribution < 1.29 is 8.78 Å². The molecule has 122 valence electrons. The zero-order valence-corrected chi connectivity index (χ0v) is 12.6. The van der Waals surface area contributed by atoms with Crippen molar-refractivity contribution in [2.75, 3.05) is 13.1 Å². The van der Waals surface area contributed by atoms with Crippen LogP contribution in [-0.4, -0.2) is 48.5 Å². The molecule has 0 saturated carbocycles. The first-order chi connectivity index (χ1) is 11.2. The Kier molecular flexibility index (Phi) is 3.90. The molecule has 1 N–H and O–H groups in total. The Bertz CT molecular complexity index is 606. The fraction of sp³-hybridized carbons (Fsp3) is 0.562. The van der Waals surface area contributed by atoms with E-state index in [1.54, 1.807) is 0 Å². The molecule has 0 aliphatic carbocycles. The van der Waals surface area contributed by atoms with E-state index < -0.39 is 12.6 Å². The number of nitrogens with zero attached hydrogens (tertiary/aromatic N) is 4. The van der Waals surface area contributed by atoms with Crippen LogP contribution in [0.25, 0.3) is 0 Å². The normalized spacial score (nSPS) is 31.6. The van der Waals surface area contributed by atoms with Gasteiger partial charge < -0.3 is 5.32 Å². The Labute approximate surface area is 133 Å². The fourth-order valence-electron chi connectivity index (χ4n) is 3.74. The minimum atomic E-state index is -2.60. The number of hydrogen-bond donors (Lipinski definition) is 1. The molecule has 5 nitrogen and oxygen atoms in total. The molecule has 0 aromatic heterocycles. The average Bonchev–Trinajstić information content (AvgIpc) is 3.16. The van der Waals surface area contributed by atoms with Crippen LogP contribution in [0, 0.1) is 0 Å². The second kappa shape index (κ2) is 6.05. The largest absolute Gasteiger partial charge is 0.309 e. The highest BCUT2D eigenvalue weighted by atomic mass is 19.3. The maximum Gasteiger partial charge on any atom is 0.282 e. The molecule has 0 radical (unpaired) electrons. The van der Waals surface area contributed by atoms with Crippen LogP contribution >= 0.6 is 0 Å². The highest BCUT2D eigenvalue weighted by molar-refractivity contribution is 5.90. The first kappa shape index (κ1) is 14.8. The Morgan fingerprint density at radius 3 is 2.39 bits per heavy atom. The summed E-state index contributed by atoms with van der Waals surface area (Å²) >= 11 is 0. The number of azo groups is 1. The van der Waals surface area contributed by atoms with Gasteiger partial charge in [-0.15, -0.1) is 5.11 Å². The number of rotatable bonds is 4. The molecule has 4 rings (SSSR count). The summed E-state index contributed by atoms with van der Waals surface area (Å²) in [6.45, 7) is 1.76. The third-order valence-corrected chi connectivity index (χ3v) is 4.74. The number of halogens is 2. The van der Waals surface area contributed by atoms with Gasteiger partial charge in [-0.05, 0) is 18.4 Å². The lowest BCUT2D eigenvalue weighted by molar-refractivity contribution is 0.120. The van der Waals surface area contributed by atoms with E-state index in [1.165, 1.54) is 0 Å². The molecule has 3 aliphatic rings. The first-order valence-corrected chi connectivity index (χ1v) is 8.02. The number of amidine groups is 1. The summed E-state index contributed by atoms with van der Waals surface area (Å²) in [5.74, 6) is 0.405. The number of likely N-dealkylation sites (tertiary alicyclic amines) is 1. The van der Waals surface area contributed by atoms with Crippen molar-refractivity contribution in [3.8, 4) is 0 Å². The minimum absolute atomic E-state index is 0.200. The Hall–Kier alpha value is -1.73. The standard InChI is InChI=1S/C16H19F2N5/c17-14(18)16-20-15(21-22-16)13(10-4-2-1-3-5-10)23-8-11-6-7-12(9-23)19-11/h1-5,11-14,16,19H,6-9H2. The maximum atomic E-state index is 12.9. The third-order valence-electron chi connectivity index (χ3n) is 4.74. The Morgan fingerprint density at radius 2 is 1.78 bits per heavy atom. The van der Waals surface area contributed by atoms with E-state index in [4.69, 9.17) is 0 Å². The van der Waals surface area contributed by atoms with E-state index in [1.807, 2.05) is 30.3 Å². The maximum absolute atomic E-state index is 12.9. The van der Waals surface area contributed by atoms with Crippen LogP contribution in [0.5, 0.6) is 0 Å². The molecule has 1 aromatic carbocycles. The van der Waals surface area contributed by atoms with Crippen LogP contribution in [0.2, 0.25) is 0 Å². The monoisotopic (exact) mass is 319 g/mol. The van der Waals surface area contributed by atoms with Gasteiger partial charge in [0.1, 0.15) is 0 Å². The zero-order chi connectivity index (χ0) is 15.8. The molecule has 4 unspecified atom stereocenters. The van der Waals surface area contributed by atoms with Crippen LogP contribution in [0.4, 0.5) is 8.78 Å². The molecule has 0 spiro atoms. The average molecular weight is 319 g/mol. The molecule has 4 atom stereocenters. The third kappa shape index (κ3) is 2.90. The molecule has 2 fully saturated rings. The van der Waals surface area contributed by atoms with E-state index in [0.717, 1.165) is 31.5 Å². The van der Waals surface area contributed by atoms with Gasteiger partial charge in [0.25, 0.3) is 6.43 Å². The van der Waals surface area contributed by atoms with Crippen LogP contribution in [0.15, 0.2) is 45.6 Å². The molecule has 3 heterocycles. The summed E-state index contributed by atoms with van der Waals surface area (Å²) in [4.78, 5) is 6.39. The lowest BCUT2D eigenvalue weighted by atomic mass is 10.0. The molecular formula is C16H19F2N5. The number of nitrogens with one attached hydrogen (secondary N) is 1. The Morgan fingerprint density at radius 1 is 1.09 bits per heavy atom. The fourth-order valence-corrected chi connectivity index (χ4v) is 3.74. The zero-order valence-electron chi connectivity index (χ0n) is 12.6. The van der Waals surface area contributed by atoms with Crippen molar-refractivity contribution >= 4 is 5.84 Å². The lowest BCUT2D eigenvalue weighted by Crippen LogP contribution is -2.53. The number of hydrogen-bond acceptors (Lipinski definition) is 5. The topological polar surface area (TPSA) is 52.4 Å². The van der Waals surface area contributed by atoms with Crippen LogP contribution in [0.1, 0.15) is 24.4 Å². The number of fused-ring (bicyclic) bond motifs is 2. The molecule has 2 bridgehead atoms. The molecular weight excluding hydrogens is 300 g/mol. The summed E-state index contributed by atoms with van der Waals surface area (Å²) in [5, 5.41) is 11.2. The van der Waals surface area contributed by atoms with E-state index in [0.29, 0.717) is 17.9 Å². The summed E-state index contributed by atoms with van der Waals surface area (Å²) < 4.78 is 25.7. The van der Waals surface area contributed by atoms with Gasteiger partial charge in [0.05, 0.1) is 6.04 Å². The van der Waals surface area contributed by atoms with Gasteiger partial charge in [0.15, 0.2) is 5.84 Å². The summed E-state index contributed by atoms with van der Waals surface area (Å²) in [7, 11) is 0. The molecule has 1 aromatic rings. The first-order valence-electron chi connectivity index (χ1n) is 8.02. The van der Waals surface area contributed by atoms with Crippen molar-refractivity contribution in [2.45, 2.75) is 43.6 Å². The highest BCUT2D eigenvalue weighted by Gasteiger charge is 2.39. The van der Waals surface area contributed by atoms with Gasteiger partial charge in [-0.2, -0.15) is 5.11 Å². The smallest absolute Gasteiger partial charge is 0.282 e. The molecule has 2 saturated heterocycles. The minimum Gasteiger partial charge on any atom is -0.309 e. The van der Waals surface area contributed by atoms with Crippen LogP contribution in [-0.2, 0) is 0 Å².